The highest BCUT2D eigenvalue weighted by molar-refractivity contribution is 5.25. The molecule has 2 aliphatic carbocycles. The molecular weight excluding hydrogens is 260 g/mol. The molecular formula is C18H26N2O. The van der Waals surface area contributed by atoms with E-state index in [1.165, 1.54) is 57.3 Å². The van der Waals surface area contributed by atoms with Crippen LogP contribution in [-0.2, 0) is 6.54 Å². The van der Waals surface area contributed by atoms with Crippen molar-refractivity contribution in [2.75, 3.05) is 19.6 Å². The van der Waals surface area contributed by atoms with Gasteiger partial charge in [0.25, 0.3) is 0 Å². The summed E-state index contributed by atoms with van der Waals surface area (Å²) in [7, 11) is 0. The van der Waals surface area contributed by atoms with Crippen LogP contribution in [0.15, 0.2) is 24.3 Å². The van der Waals surface area contributed by atoms with Gasteiger partial charge in [0, 0.05) is 38.3 Å². The second-order valence-electron chi connectivity index (χ2n) is 7.20. The molecule has 1 aromatic rings. The minimum Gasteiger partial charge on any atom is -0.508 e. The first-order valence-corrected chi connectivity index (χ1v) is 8.54. The fraction of sp³-hybridized carbons (Fsp3) is 0.667. The van der Waals surface area contributed by atoms with Crippen molar-refractivity contribution in [1.82, 2.24) is 9.80 Å². The minimum absolute atomic E-state index is 0.366. The van der Waals surface area contributed by atoms with E-state index in [1.54, 1.807) is 12.1 Å². The molecule has 2 atom stereocenters. The van der Waals surface area contributed by atoms with Gasteiger partial charge in [-0.2, -0.15) is 0 Å². The molecule has 0 radical (unpaired) electrons. The van der Waals surface area contributed by atoms with Crippen LogP contribution in [-0.4, -0.2) is 46.6 Å². The maximum Gasteiger partial charge on any atom is 0.115 e. The highest BCUT2D eigenvalue weighted by Gasteiger charge is 2.38. The standard InChI is InChI=1S/C18H26N2O/c21-18-7-2-14(3-8-18)12-19(16-5-6-16)9-10-20-13-15-1-4-17(20)11-15/h2-3,7-8,15-17,21H,1,4-6,9-13H2/t15-,17+/m0/s1. The van der Waals surface area contributed by atoms with Crippen molar-refractivity contribution in [3.05, 3.63) is 29.8 Å². The summed E-state index contributed by atoms with van der Waals surface area (Å²) < 4.78 is 0. The van der Waals surface area contributed by atoms with Gasteiger partial charge in [0.15, 0.2) is 0 Å². The first kappa shape index (κ1) is 13.6. The third-order valence-corrected chi connectivity index (χ3v) is 5.58. The molecule has 2 bridgehead atoms. The molecule has 0 amide bonds. The number of hydrogen-bond acceptors (Lipinski definition) is 3. The predicted octanol–water partition coefficient (Wildman–Crippen LogP) is 2.84. The Kier molecular flexibility index (Phi) is 3.64. The lowest BCUT2D eigenvalue weighted by molar-refractivity contribution is 0.163. The van der Waals surface area contributed by atoms with Crippen molar-refractivity contribution in [2.45, 2.75) is 50.7 Å². The van der Waals surface area contributed by atoms with Gasteiger partial charge in [-0.05, 0) is 55.7 Å². The molecule has 3 nitrogen and oxygen atoms in total. The van der Waals surface area contributed by atoms with Gasteiger partial charge in [0.05, 0.1) is 0 Å². The topological polar surface area (TPSA) is 26.7 Å². The van der Waals surface area contributed by atoms with Crippen LogP contribution in [0.1, 0.15) is 37.7 Å². The number of likely N-dealkylation sites (tertiary alicyclic amines) is 1. The van der Waals surface area contributed by atoms with Gasteiger partial charge in [-0.1, -0.05) is 12.1 Å². The highest BCUT2D eigenvalue weighted by atomic mass is 16.3. The van der Waals surface area contributed by atoms with Crippen molar-refractivity contribution in [3.8, 4) is 5.75 Å². The van der Waals surface area contributed by atoms with E-state index in [1.807, 2.05) is 0 Å². The number of piperidine rings is 1. The number of hydrogen-bond donors (Lipinski definition) is 1. The maximum absolute atomic E-state index is 9.40. The Morgan fingerprint density at radius 3 is 2.52 bits per heavy atom. The van der Waals surface area contributed by atoms with Gasteiger partial charge < -0.3 is 5.11 Å². The molecule has 0 unspecified atom stereocenters. The summed E-state index contributed by atoms with van der Waals surface area (Å²) >= 11 is 0. The Bertz CT molecular complexity index is 482. The van der Waals surface area contributed by atoms with Gasteiger partial charge in [0.2, 0.25) is 0 Å². The van der Waals surface area contributed by atoms with E-state index in [9.17, 15) is 5.11 Å². The highest BCUT2D eigenvalue weighted by Crippen LogP contribution is 2.37. The Morgan fingerprint density at radius 1 is 1.10 bits per heavy atom. The molecule has 3 heteroatoms. The second kappa shape index (κ2) is 5.62. The quantitative estimate of drug-likeness (QED) is 0.871. The van der Waals surface area contributed by atoms with Crippen LogP contribution in [0, 0.1) is 5.92 Å². The number of benzene rings is 1. The summed E-state index contributed by atoms with van der Waals surface area (Å²) in [5.74, 6) is 1.37. The molecule has 114 valence electrons. The smallest absolute Gasteiger partial charge is 0.115 e. The molecule has 1 saturated heterocycles. The van der Waals surface area contributed by atoms with Crippen LogP contribution in [0.3, 0.4) is 0 Å². The van der Waals surface area contributed by atoms with E-state index in [2.05, 4.69) is 21.9 Å². The zero-order chi connectivity index (χ0) is 14.2. The molecule has 4 rings (SSSR count). The Balaban J connectivity index is 1.33. The summed E-state index contributed by atoms with van der Waals surface area (Å²) in [4.78, 5) is 5.39. The number of phenols is 1. The van der Waals surface area contributed by atoms with E-state index in [0.717, 1.165) is 24.5 Å². The largest absolute Gasteiger partial charge is 0.508 e. The number of rotatable bonds is 6. The summed E-state index contributed by atoms with van der Waals surface area (Å²) in [5.41, 5.74) is 1.32. The molecule has 2 saturated carbocycles. The van der Waals surface area contributed by atoms with Crippen LogP contribution < -0.4 is 0 Å². The third kappa shape index (κ3) is 3.09. The molecule has 0 spiro atoms. The molecule has 1 heterocycles. The second-order valence-corrected chi connectivity index (χ2v) is 7.20. The van der Waals surface area contributed by atoms with E-state index in [-0.39, 0.29) is 0 Å². The average Bonchev–Trinajstić information content (AvgIpc) is 3.13. The van der Waals surface area contributed by atoms with Crippen molar-refractivity contribution < 1.29 is 5.11 Å². The van der Waals surface area contributed by atoms with E-state index >= 15 is 0 Å². The predicted molar refractivity (Wildman–Crippen MR) is 84.2 cm³/mol. The number of aromatic hydroxyl groups is 1. The van der Waals surface area contributed by atoms with Gasteiger partial charge in [0.1, 0.15) is 5.75 Å². The monoisotopic (exact) mass is 286 g/mol. The molecule has 1 aliphatic heterocycles. The lowest BCUT2D eigenvalue weighted by atomic mass is 10.1. The van der Waals surface area contributed by atoms with Crippen LogP contribution in [0.25, 0.3) is 0 Å². The first-order valence-electron chi connectivity index (χ1n) is 8.54. The summed E-state index contributed by atoms with van der Waals surface area (Å²) in [5, 5.41) is 9.40. The maximum atomic E-state index is 9.40. The van der Waals surface area contributed by atoms with E-state index < -0.39 is 0 Å². The zero-order valence-electron chi connectivity index (χ0n) is 12.7. The Hall–Kier alpha value is -1.06. The molecule has 3 fully saturated rings. The van der Waals surface area contributed by atoms with Crippen molar-refractivity contribution in [2.24, 2.45) is 5.92 Å². The molecule has 0 aromatic heterocycles. The van der Waals surface area contributed by atoms with Crippen LogP contribution >= 0.6 is 0 Å². The first-order chi connectivity index (χ1) is 10.3. The van der Waals surface area contributed by atoms with E-state index in [0.29, 0.717) is 5.75 Å². The number of nitrogens with zero attached hydrogens (tertiary/aromatic N) is 2. The summed E-state index contributed by atoms with van der Waals surface area (Å²) in [6, 6.07) is 9.42. The number of phenolic OH excluding ortho intramolecular Hbond substituents is 1. The molecule has 3 aliphatic rings. The Morgan fingerprint density at radius 2 is 1.90 bits per heavy atom. The molecule has 1 N–H and O–H groups in total. The third-order valence-electron chi connectivity index (χ3n) is 5.58. The fourth-order valence-electron chi connectivity index (χ4n) is 4.22. The van der Waals surface area contributed by atoms with Crippen LogP contribution in [0.4, 0.5) is 0 Å². The average molecular weight is 286 g/mol. The van der Waals surface area contributed by atoms with Gasteiger partial charge in [-0.25, -0.2) is 0 Å². The van der Waals surface area contributed by atoms with Crippen LogP contribution in [0.2, 0.25) is 0 Å². The lowest BCUT2D eigenvalue weighted by Crippen LogP contribution is -2.39. The van der Waals surface area contributed by atoms with Crippen molar-refractivity contribution in [3.63, 3.8) is 0 Å². The van der Waals surface area contributed by atoms with Gasteiger partial charge >= 0.3 is 0 Å². The fourth-order valence-corrected chi connectivity index (χ4v) is 4.22. The molecule has 1 aromatic carbocycles. The molecule has 21 heavy (non-hydrogen) atoms. The van der Waals surface area contributed by atoms with E-state index in [4.69, 9.17) is 0 Å². The van der Waals surface area contributed by atoms with Crippen molar-refractivity contribution >= 4 is 0 Å². The summed E-state index contributed by atoms with van der Waals surface area (Å²) in [6.45, 7) is 4.83. The Labute approximate surface area is 127 Å². The van der Waals surface area contributed by atoms with Gasteiger partial charge in [-0.3, -0.25) is 9.80 Å². The SMILES string of the molecule is Oc1ccc(CN(CCN2C[C@H]3CC[C@@H]2C3)C2CC2)cc1. The van der Waals surface area contributed by atoms with Crippen molar-refractivity contribution in [1.29, 1.82) is 0 Å². The van der Waals surface area contributed by atoms with Gasteiger partial charge in [-0.15, -0.1) is 0 Å². The summed E-state index contributed by atoms with van der Waals surface area (Å²) in [6.07, 6.45) is 7.10. The van der Waals surface area contributed by atoms with Crippen LogP contribution in [0.5, 0.6) is 5.75 Å². The normalized spacial score (nSPS) is 28.6. The minimum atomic E-state index is 0.366. The number of fused-ring (bicyclic) bond motifs is 2. The zero-order valence-corrected chi connectivity index (χ0v) is 12.7. The lowest BCUT2D eigenvalue weighted by Gasteiger charge is -2.30.